The first-order chi connectivity index (χ1) is 6.77. The number of nitrogens with one attached hydrogen (secondary N) is 1. The van der Waals surface area contributed by atoms with Crippen LogP contribution in [0.4, 0.5) is 0 Å². The van der Waals surface area contributed by atoms with Gasteiger partial charge in [0.15, 0.2) is 0 Å². The number of rotatable bonds is 1. The third kappa shape index (κ3) is 2.07. The fourth-order valence-corrected chi connectivity index (χ4v) is 2.31. The zero-order chi connectivity index (χ0) is 9.97. The Morgan fingerprint density at radius 3 is 3.00 bits per heavy atom. The topological polar surface area (TPSA) is 24.9 Å². The molecule has 1 aromatic rings. The summed E-state index contributed by atoms with van der Waals surface area (Å²) in [6, 6.07) is 4.15. The molecule has 3 heteroatoms. The van der Waals surface area contributed by atoms with Crippen LogP contribution in [0.15, 0.2) is 12.1 Å². The molecular weight excluding hydrogens is 196 g/mol. The first-order valence-corrected chi connectivity index (χ1v) is 5.49. The molecule has 1 fully saturated rings. The monoisotopic (exact) mass is 210 g/mol. The van der Waals surface area contributed by atoms with Gasteiger partial charge in [0.2, 0.25) is 0 Å². The molecule has 2 heterocycles. The summed E-state index contributed by atoms with van der Waals surface area (Å²) in [6.07, 6.45) is 2.45. The van der Waals surface area contributed by atoms with Crippen molar-refractivity contribution in [3.8, 4) is 0 Å². The van der Waals surface area contributed by atoms with Crippen molar-refractivity contribution in [1.82, 2.24) is 10.3 Å². The van der Waals surface area contributed by atoms with Gasteiger partial charge in [0.05, 0.1) is 0 Å². The van der Waals surface area contributed by atoms with Crippen molar-refractivity contribution in [3.63, 3.8) is 0 Å². The molecule has 1 aliphatic rings. The van der Waals surface area contributed by atoms with Gasteiger partial charge in [-0.3, -0.25) is 0 Å². The van der Waals surface area contributed by atoms with E-state index in [1.54, 1.807) is 0 Å². The lowest BCUT2D eigenvalue weighted by Gasteiger charge is -2.23. The van der Waals surface area contributed by atoms with Crippen molar-refractivity contribution in [2.45, 2.75) is 25.7 Å². The average Bonchev–Trinajstić information content (AvgIpc) is 2.19. The standard InChI is InChI=1S/C11H15ClN2/c1-8-4-5-10(11(12)14-8)9-3-2-6-13-7-9/h4-5,9,13H,2-3,6-7H2,1H3. The Labute approximate surface area is 89.7 Å². The SMILES string of the molecule is Cc1ccc(C2CCCNC2)c(Cl)n1. The van der Waals surface area contributed by atoms with E-state index in [0.29, 0.717) is 11.1 Å². The third-order valence-corrected chi connectivity index (χ3v) is 3.06. The van der Waals surface area contributed by atoms with E-state index >= 15 is 0 Å². The molecule has 2 nitrogen and oxygen atoms in total. The van der Waals surface area contributed by atoms with Gasteiger partial charge in [-0.2, -0.15) is 0 Å². The second-order valence-corrected chi connectivity index (χ2v) is 4.23. The number of hydrogen-bond donors (Lipinski definition) is 1. The Morgan fingerprint density at radius 2 is 2.36 bits per heavy atom. The molecule has 14 heavy (non-hydrogen) atoms. The highest BCUT2D eigenvalue weighted by molar-refractivity contribution is 6.30. The predicted octanol–water partition coefficient (Wildman–Crippen LogP) is 2.51. The van der Waals surface area contributed by atoms with Gasteiger partial charge in [0.1, 0.15) is 5.15 Å². The zero-order valence-corrected chi connectivity index (χ0v) is 9.14. The number of nitrogens with zero attached hydrogens (tertiary/aromatic N) is 1. The van der Waals surface area contributed by atoms with Crippen molar-refractivity contribution in [2.75, 3.05) is 13.1 Å². The molecule has 0 aromatic carbocycles. The molecule has 0 radical (unpaired) electrons. The fourth-order valence-electron chi connectivity index (χ4n) is 1.96. The molecule has 2 rings (SSSR count). The molecule has 1 unspecified atom stereocenters. The van der Waals surface area contributed by atoms with Crippen LogP contribution < -0.4 is 5.32 Å². The quantitative estimate of drug-likeness (QED) is 0.721. The van der Waals surface area contributed by atoms with Gasteiger partial charge >= 0.3 is 0 Å². The van der Waals surface area contributed by atoms with E-state index in [1.807, 2.05) is 13.0 Å². The number of halogens is 1. The summed E-state index contributed by atoms with van der Waals surface area (Å²) < 4.78 is 0. The highest BCUT2D eigenvalue weighted by Crippen LogP contribution is 2.28. The smallest absolute Gasteiger partial charge is 0.132 e. The minimum Gasteiger partial charge on any atom is -0.316 e. The third-order valence-electron chi connectivity index (χ3n) is 2.75. The van der Waals surface area contributed by atoms with E-state index in [9.17, 15) is 0 Å². The van der Waals surface area contributed by atoms with Crippen LogP contribution in [0.25, 0.3) is 0 Å². The van der Waals surface area contributed by atoms with Crippen molar-refractivity contribution in [3.05, 3.63) is 28.5 Å². The molecule has 1 aromatic heterocycles. The number of aromatic nitrogens is 1. The van der Waals surface area contributed by atoms with Gasteiger partial charge in [-0.1, -0.05) is 17.7 Å². The molecule has 0 bridgehead atoms. The molecule has 0 aliphatic carbocycles. The van der Waals surface area contributed by atoms with Gasteiger partial charge in [-0.05, 0) is 43.9 Å². The van der Waals surface area contributed by atoms with Crippen LogP contribution >= 0.6 is 11.6 Å². The van der Waals surface area contributed by atoms with Crippen LogP contribution in [-0.4, -0.2) is 18.1 Å². The van der Waals surface area contributed by atoms with Crippen molar-refractivity contribution >= 4 is 11.6 Å². The average molecular weight is 211 g/mol. The van der Waals surface area contributed by atoms with Gasteiger partial charge in [-0.25, -0.2) is 4.98 Å². The fraction of sp³-hybridized carbons (Fsp3) is 0.545. The second-order valence-electron chi connectivity index (χ2n) is 3.88. The van der Waals surface area contributed by atoms with Crippen LogP contribution in [0, 0.1) is 6.92 Å². The van der Waals surface area contributed by atoms with Crippen LogP contribution in [0.1, 0.15) is 30.0 Å². The molecule has 1 aliphatic heterocycles. The van der Waals surface area contributed by atoms with Crippen molar-refractivity contribution in [2.24, 2.45) is 0 Å². The molecule has 0 saturated carbocycles. The van der Waals surface area contributed by atoms with Gasteiger partial charge in [-0.15, -0.1) is 0 Å². The van der Waals surface area contributed by atoms with E-state index < -0.39 is 0 Å². The van der Waals surface area contributed by atoms with Crippen LogP contribution in [0.3, 0.4) is 0 Å². The van der Waals surface area contributed by atoms with Crippen molar-refractivity contribution < 1.29 is 0 Å². The predicted molar refractivity (Wildman–Crippen MR) is 58.8 cm³/mol. The number of aryl methyl sites for hydroxylation is 1. The van der Waals surface area contributed by atoms with E-state index in [1.165, 1.54) is 18.4 Å². The highest BCUT2D eigenvalue weighted by atomic mass is 35.5. The Balaban J connectivity index is 2.22. The Bertz CT molecular complexity index is 319. The molecule has 0 amide bonds. The maximum absolute atomic E-state index is 6.12. The molecular formula is C11H15ClN2. The largest absolute Gasteiger partial charge is 0.316 e. The number of hydrogen-bond acceptors (Lipinski definition) is 2. The maximum Gasteiger partial charge on any atom is 0.132 e. The highest BCUT2D eigenvalue weighted by Gasteiger charge is 2.17. The van der Waals surface area contributed by atoms with Gasteiger partial charge in [0, 0.05) is 12.2 Å². The number of pyridine rings is 1. The first kappa shape index (κ1) is 9.94. The zero-order valence-electron chi connectivity index (χ0n) is 8.39. The lowest BCUT2D eigenvalue weighted by molar-refractivity contribution is 0.461. The normalized spacial score (nSPS) is 22.3. The van der Waals surface area contributed by atoms with E-state index in [4.69, 9.17) is 11.6 Å². The van der Waals surface area contributed by atoms with Crippen molar-refractivity contribution in [1.29, 1.82) is 0 Å². The summed E-state index contributed by atoms with van der Waals surface area (Å²) in [5.74, 6) is 0.546. The Kier molecular flexibility index (Phi) is 3.04. The van der Waals surface area contributed by atoms with Crippen LogP contribution in [0.5, 0.6) is 0 Å². The molecule has 1 N–H and O–H groups in total. The summed E-state index contributed by atoms with van der Waals surface area (Å²) in [5.41, 5.74) is 2.19. The summed E-state index contributed by atoms with van der Waals surface area (Å²) >= 11 is 6.12. The van der Waals surface area contributed by atoms with E-state index in [-0.39, 0.29) is 0 Å². The van der Waals surface area contributed by atoms with Gasteiger partial charge in [0.25, 0.3) is 0 Å². The minimum absolute atomic E-state index is 0.546. The van der Waals surface area contributed by atoms with Crippen LogP contribution in [0.2, 0.25) is 5.15 Å². The second kappa shape index (κ2) is 4.28. The maximum atomic E-state index is 6.12. The summed E-state index contributed by atoms with van der Waals surface area (Å²) in [7, 11) is 0. The summed E-state index contributed by atoms with van der Waals surface area (Å²) in [4.78, 5) is 4.29. The molecule has 1 atom stereocenters. The lowest BCUT2D eigenvalue weighted by atomic mass is 9.93. The molecule has 0 spiro atoms. The summed E-state index contributed by atoms with van der Waals surface area (Å²) in [5, 5.41) is 4.07. The molecule has 76 valence electrons. The Morgan fingerprint density at radius 1 is 1.50 bits per heavy atom. The number of piperidine rings is 1. The van der Waals surface area contributed by atoms with Crippen LogP contribution in [-0.2, 0) is 0 Å². The van der Waals surface area contributed by atoms with E-state index in [2.05, 4.69) is 16.4 Å². The summed E-state index contributed by atoms with van der Waals surface area (Å²) in [6.45, 7) is 4.13. The lowest BCUT2D eigenvalue weighted by Crippen LogP contribution is -2.28. The minimum atomic E-state index is 0.546. The van der Waals surface area contributed by atoms with Gasteiger partial charge < -0.3 is 5.32 Å². The van der Waals surface area contributed by atoms with E-state index in [0.717, 1.165) is 18.8 Å². The molecule has 1 saturated heterocycles. The first-order valence-electron chi connectivity index (χ1n) is 5.11. The Hall–Kier alpha value is -0.600.